The molecule has 1 aromatic carbocycles. The summed E-state index contributed by atoms with van der Waals surface area (Å²) < 4.78 is 0. The maximum absolute atomic E-state index is 12.8. The summed E-state index contributed by atoms with van der Waals surface area (Å²) in [4.78, 5) is 14.4. The van der Waals surface area contributed by atoms with Crippen molar-refractivity contribution in [2.24, 2.45) is 0 Å². The number of amides is 1. The molecule has 116 valence electrons. The zero-order valence-electron chi connectivity index (χ0n) is 13.6. The third-order valence-electron chi connectivity index (χ3n) is 4.38. The first-order chi connectivity index (χ1) is 9.73. The first-order valence-electron chi connectivity index (χ1n) is 7.80. The van der Waals surface area contributed by atoms with Crippen molar-refractivity contribution in [1.82, 2.24) is 4.90 Å². The van der Waals surface area contributed by atoms with Crippen LogP contribution < -0.4 is 0 Å². The van der Waals surface area contributed by atoms with Gasteiger partial charge < -0.3 is 10.0 Å². The van der Waals surface area contributed by atoms with Gasteiger partial charge in [-0.05, 0) is 29.9 Å². The normalized spacial score (nSPS) is 17.8. The molecule has 0 aliphatic heterocycles. The van der Waals surface area contributed by atoms with E-state index < -0.39 is 5.60 Å². The Morgan fingerprint density at radius 3 is 2.38 bits per heavy atom. The molecule has 1 aromatic rings. The van der Waals surface area contributed by atoms with Crippen LogP contribution >= 0.6 is 0 Å². The predicted octanol–water partition coefficient (Wildman–Crippen LogP) is 3.36. The van der Waals surface area contributed by atoms with E-state index in [1.54, 1.807) is 11.9 Å². The number of likely N-dealkylation sites (N-methyl/N-ethyl adjacent to an activating group) is 1. The lowest BCUT2D eigenvalue weighted by atomic mass is 9.83. The van der Waals surface area contributed by atoms with Gasteiger partial charge in [-0.3, -0.25) is 4.79 Å². The van der Waals surface area contributed by atoms with Crippen LogP contribution in [0.15, 0.2) is 24.3 Å². The Labute approximate surface area is 128 Å². The Morgan fingerprint density at radius 2 is 1.81 bits per heavy atom. The van der Waals surface area contributed by atoms with Gasteiger partial charge in [-0.15, -0.1) is 0 Å². The highest BCUT2D eigenvalue weighted by molar-refractivity contribution is 5.96. The van der Waals surface area contributed by atoms with Gasteiger partial charge in [-0.1, -0.05) is 51.8 Å². The summed E-state index contributed by atoms with van der Waals surface area (Å²) >= 11 is 0. The number of nitrogens with zero attached hydrogens (tertiary/aromatic N) is 1. The molecular formula is C18H27NO2. The average Bonchev–Trinajstić information content (AvgIpc) is 2.83. The molecule has 1 fully saturated rings. The van der Waals surface area contributed by atoms with Crippen molar-refractivity contribution in [2.45, 2.75) is 57.5 Å². The third-order valence-corrected chi connectivity index (χ3v) is 4.38. The molecule has 0 radical (unpaired) electrons. The summed E-state index contributed by atoms with van der Waals surface area (Å²) in [6, 6.07) is 7.78. The molecule has 1 saturated carbocycles. The van der Waals surface area contributed by atoms with Gasteiger partial charge in [0.1, 0.15) is 0 Å². The minimum atomic E-state index is -0.693. The average molecular weight is 289 g/mol. The highest BCUT2D eigenvalue weighted by Crippen LogP contribution is 2.31. The second-order valence-electron chi connectivity index (χ2n) is 7.39. The number of hydrogen-bond acceptors (Lipinski definition) is 2. The minimum absolute atomic E-state index is 0.000787. The van der Waals surface area contributed by atoms with E-state index in [-0.39, 0.29) is 11.3 Å². The zero-order chi connectivity index (χ0) is 15.7. The van der Waals surface area contributed by atoms with Gasteiger partial charge in [0.15, 0.2) is 0 Å². The number of benzene rings is 1. The van der Waals surface area contributed by atoms with Crippen molar-refractivity contribution in [1.29, 1.82) is 0 Å². The predicted molar refractivity (Wildman–Crippen MR) is 85.5 cm³/mol. The van der Waals surface area contributed by atoms with Gasteiger partial charge in [0, 0.05) is 19.2 Å². The molecule has 3 nitrogen and oxygen atoms in total. The number of hydrogen-bond donors (Lipinski definition) is 1. The number of carbonyl (C=O) groups is 1. The lowest BCUT2D eigenvalue weighted by Crippen LogP contribution is -2.42. The van der Waals surface area contributed by atoms with E-state index >= 15 is 0 Å². The van der Waals surface area contributed by atoms with Crippen molar-refractivity contribution in [2.75, 3.05) is 13.6 Å². The quantitative estimate of drug-likeness (QED) is 0.927. The fourth-order valence-corrected chi connectivity index (χ4v) is 3.23. The van der Waals surface area contributed by atoms with Gasteiger partial charge in [-0.25, -0.2) is 0 Å². The van der Waals surface area contributed by atoms with Gasteiger partial charge in [-0.2, -0.15) is 0 Å². The first-order valence-corrected chi connectivity index (χ1v) is 7.80. The largest absolute Gasteiger partial charge is 0.388 e. The Bertz CT molecular complexity index is 510. The van der Waals surface area contributed by atoms with E-state index in [4.69, 9.17) is 0 Å². The van der Waals surface area contributed by atoms with Gasteiger partial charge in [0.25, 0.3) is 5.91 Å². The molecule has 0 aromatic heterocycles. The first kappa shape index (κ1) is 16.0. The van der Waals surface area contributed by atoms with Crippen molar-refractivity contribution in [3.8, 4) is 0 Å². The number of rotatable bonds is 3. The van der Waals surface area contributed by atoms with Crippen LogP contribution in [0.2, 0.25) is 0 Å². The molecular weight excluding hydrogens is 262 g/mol. The summed E-state index contributed by atoms with van der Waals surface area (Å²) in [5.41, 5.74) is 1.03. The van der Waals surface area contributed by atoms with Crippen LogP contribution in [-0.4, -0.2) is 35.1 Å². The van der Waals surface area contributed by atoms with E-state index in [1.807, 2.05) is 24.3 Å². The second-order valence-corrected chi connectivity index (χ2v) is 7.39. The molecule has 0 heterocycles. The fourth-order valence-electron chi connectivity index (χ4n) is 3.23. The van der Waals surface area contributed by atoms with Crippen LogP contribution in [0, 0.1) is 0 Å². The van der Waals surface area contributed by atoms with Crippen molar-refractivity contribution in [3.63, 3.8) is 0 Å². The third kappa shape index (κ3) is 3.65. The molecule has 0 spiro atoms. The van der Waals surface area contributed by atoms with Gasteiger partial charge in [0.05, 0.1) is 5.60 Å². The maximum Gasteiger partial charge on any atom is 0.253 e. The van der Waals surface area contributed by atoms with Crippen molar-refractivity contribution < 1.29 is 9.90 Å². The zero-order valence-corrected chi connectivity index (χ0v) is 13.6. The van der Waals surface area contributed by atoms with Crippen LogP contribution in [0.25, 0.3) is 0 Å². The lowest BCUT2D eigenvalue weighted by molar-refractivity contribution is 0.0156. The van der Waals surface area contributed by atoms with Gasteiger partial charge in [0.2, 0.25) is 0 Å². The van der Waals surface area contributed by atoms with Crippen LogP contribution in [0.4, 0.5) is 0 Å². The molecule has 1 aliphatic carbocycles. The second kappa shape index (κ2) is 5.80. The Kier molecular flexibility index (Phi) is 4.43. The highest BCUT2D eigenvalue weighted by atomic mass is 16.3. The topological polar surface area (TPSA) is 40.5 Å². The summed E-state index contributed by atoms with van der Waals surface area (Å²) in [6.45, 7) is 6.77. The fraction of sp³-hybridized carbons (Fsp3) is 0.611. The molecule has 1 N–H and O–H groups in total. The molecule has 0 atom stereocenters. The molecule has 21 heavy (non-hydrogen) atoms. The van der Waals surface area contributed by atoms with E-state index in [1.165, 1.54) is 0 Å². The molecule has 3 heteroatoms. The Balaban J connectivity index is 2.20. The summed E-state index contributed by atoms with van der Waals surface area (Å²) in [7, 11) is 1.79. The maximum atomic E-state index is 12.8. The highest BCUT2D eigenvalue weighted by Gasteiger charge is 2.34. The SMILES string of the molecule is CN(CC1(O)CCCC1)C(=O)c1ccccc1C(C)(C)C. The van der Waals surface area contributed by atoms with E-state index in [0.29, 0.717) is 6.54 Å². The van der Waals surface area contributed by atoms with Crippen LogP contribution in [0.5, 0.6) is 0 Å². The minimum Gasteiger partial charge on any atom is -0.388 e. The summed E-state index contributed by atoms with van der Waals surface area (Å²) in [5, 5.41) is 10.5. The van der Waals surface area contributed by atoms with Gasteiger partial charge >= 0.3 is 0 Å². The Morgan fingerprint density at radius 1 is 1.24 bits per heavy atom. The molecule has 0 unspecified atom stereocenters. The van der Waals surface area contributed by atoms with Crippen molar-refractivity contribution >= 4 is 5.91 Å². The molecule has 2 rings (SSSR count). The molecule has 0 bridgehead atoms. The van der Waals surface area contributed by atoms with Crippen LogP contribution in [0.1, 0.15) is 62.4 Å². The Hall–Kier alpha value is -1.35. The van der Waals surface area contributed by atoms with Crippen LogP contribution in [-0.2, 0) is 5.41 Å². The smallest absolute Gasteiger partial charge is 0.253 e. The lowest BCUT2D eigenvalue weighted by Gasteiger charge is -2.30. The number of aliphatic hydroxyl groups is 1. The summed E-state index contributed by atoms with van der Waals surface area (Å²) in [6.07, 6.45) is 3.70. The van der Waals surface area contributed by atoms with E-state index in [0.717, 1.165) is 36.8 Å². The standard InChI is InChI=1S/C18H27NO2/c1-17(2,3)15-10-6-5-9-14(15)16(20)19(4)13-18(21)11-7-8-12-18/h5-6,9-10,21H,7-8,11-13H2,1-4H3. The van der Waals surface area contributed by atoms with E-state index in [2.05, 4.69) is 20.8 Å². The molecule has 0 saturated heterocycles. The van der Waals surface area contributed by atoms with Crippen molar-refractivity contribution in [3.05, 3.63) is 35.4 Å². The van der Waals surface area contributed by atoms with Crippen LogP contribution in [0.3, 0.4) is 0 Å². The molecule has 1 aliphatic rings. The summed E-state index contributed by atoms with van der Waals surface area (Å²) in [5.74, 6) is 0.000787. The molecule has 1 amide bonds. The monoisotopic (exact) mass is 289 g/mol. The van der Waals surface area contributed by atoms with E-state index in [9.17, 15) is 9.90 Å². The number of carbonyl (C=O) groups excluding carboxylic acids is 1.